The number of hydrogen-bond donors (Lipinski definition) is 1. The van der Waals surface area contributed by atoms with Gasteiger partial charge in [-0.05, 0) is 31.2 Å². The standard InChI is InChI=1S/C21H17NO7/c1-2-28-17-10-6-4-8-13(17)22-20(26)15(24)11-14(23)18-19(25)12-7-3-5-9-16(12)29-21(18)27/h3-10,18H,2,11H2,1H3,(H,22,26)/t18-/m1/s1. The maximum atomic E-state index is 12.5. The number of amides is 1. The van der Waals surface area contributed by atoms with E-state index in [0.717, 1.165) is 0 Å². The highest BCUT2D eigenvalue weighted by Crippen LogP contribution is 2.29. The molecule has 0 fully saturated rings. The van der Waals surface area contributed by atoms with Gasteiger partial charge in [-0.15, -0.1) is 0 Å². The molecule has 8 nitrogen and oxygen atoms in total. The van der Waals surface area contributed by atoms with Gasteiger partial charge in [-0.25, -0.2) is 0 Å². The average molecular weight is 395 g/mol. The summed E-state index contributed by atoms with van der Waals surface area (Å²) in [5.74, 6) is -6.29. The monoisotopic (exact) mass is 395 g/mol. The van der Waals surface area contributed by atoms with Gasteiger partial charge >= 0.3 is 5.97 Å². The Morgan fingerprint density at radius 3 is 2.48 bits per heavy atom. The van der Waals surface area contributed by atoms with E-state index in [1.807, 2.05) is 0 Å². The molecule has 148 valence electrons. The normalized spacial score (nSPS) is 15.1. The molecule has 0 radical (unpaired) electrons. The first-order valence-electron chi connectivity index (χ1n) is 8.86. The predicted octanol–water partition coefficient (Wildman–Crippen LogP) is 1.97. The molecule has 1 amide bonds. The molecule has 1 heterocycles. The molecule has 0 unspecified atom stereocenters. The number of fused-ring (bicyclic) bond motifs is 1. The van der Waals surface area contributed by atoms with Crippen LogP contribution in [0.25, 0.3) is 0 Å². The fourth-order valence-electron chi connectivity index (χ4n) is 2.85. The first-order valence-corrected chi connectivity index (χ1v) is 8.86. The van der Waals surface area contributed by atoms with Crippen molar-refractivity contribution in [2.45, 2.75) is 13.3 Å². The lowest BCUT2D eigenvalue weighted by Crippen LogP contribution is -2.40. The Labute approximate surface area is 165 Å². The van der Waals surface area contributed by atoms with Crippen LogP contribution >= 0.6 is 0 Å². The molecule has 29 heavy (non-hydrogen) atoms. The Morgan fingerprint density at radius 2 is 1.72 bits per heavy atom. The number of ketones is 3. The zero-order valence-corrected chi connectivity index (χ0v) is 15.5. The Balaban J connectivity index is 1.69. The van der Waals surface area contributed by atoms with Gasteiger partial charge in [-0.3, -0.25) is 24.0 Å². The van der Waals surface area contributed by atoms with Crippen molar-refractivity contribution in [2.75, 3.05) is 11.9 Å². The van der Waals surface area contributed by atoms with Crippen LogP contribution in [0.4, 0.5) is 5.69 Å². The number of nitrogens with one attached hydrogen (secondary N) is 1. The highest BCUT2D eigenvalue weighted by molar-refractivity contribution is 6.44. The highest BCUT2D eigenvalue weighted by Gasteiger charge is 2.42. The molecule has 0 aliphatic carbocycles. The SMILES string of the molecule is CCOc1ccccc1NC(=O)C(=O)CC(=O)[C@H]1C(=O)Oc2ccccc2C1=O. The molecular weight excluding hydrogens is 378 g/mol. The van der Waals surface area contributed by atoms with E-state index in [4.69, 9.17) is 9.47 Å². The van der Waals surface area contributed by atoms with Crippen LogP contribution in [-0.4, -0.2) is 35.8 Å². The van der Waals surface area contributed by atoms with Gasteiger partial charge in [0.1, 0.15) is 11.5 Å². The van der Waals surface area contributed by atoms with E-state index in [1.165, 1.54) is 18.2 Å². The summed E-state index contributed by atoms with van der Waals surface area (Å²) in [4.78, 5) is 61.3. The van der Waals surface area contributed by atoms with Crippen molar-refractivity contribution in [2.24, 2.45) is 5.92 Å². The first kappa shape index (κ1) is 19.9. The Kier molecular flexibility index (Phi) is 5.82. The molecule has 2 aromatic rings. The number of hydrogen-bond acceptors (Lipinski definition) is 7. The van der Waals surface area contributed by atoms with E-state index in [0.29, 0.717) is 12.4 Å². The molecule has 8 heteroatoms. The minimum Gasteiger partial charge on any atom is -0.492 e. The number of ether oxygens (including phenoxy) is 2. The van der Waals surface area contributed by atoms with Crippen LogP contribution in [0.3, 0.4) is 0 Å². The van der Waals surface area contributed by atoms with Crippen molar-refractivity contribution >= 4 is 34.9 Å². The zero-order chi connectivity index (χ0) is 21.0. The number of rotatable bonds is 7. The molecule has 3 rings (SSSR count). The molecule has 0 spiro atoms. The van der Waals surface area contributed by atoms with Gasteiger partial charge in [0, 0.05) is 0 Å². The van der Waals surface area contributed by atoms with E-state index in [2.05, 4.69) is 5.32 Å². The lowest BCUT2D eigenvalue weighted by Gasteiger charge is -2.20. The third kappa shape index (κ3) is 4.21. The second-order valence-corrected chi connectivity index (χ2v) is 6.16. The maximum absolute atomic E-state index is 12.5. The Hall–Kier alpha value is -3.81. The van der Waals surface area contributed by atoms with Crippen LogP contribution in [0.2, 0.25) is 0 Å². The quantitative estimate of drug-likeness (QED) is 0.330. The van der Waals surface area contributed by atoms with E-state index in [-0.39, 0.29) is 17.0 Å². The van der Waals surface area contributed by atoms with Gasteiger partial charge in [0.15, 0.2) is 17.5 Å². The smallest absolute Gasteiger partial charge is 0.329 e. The van der Waals surface area contributed by atoms with E-state index in [9.17, 15) is 24.0 Å². The largest absolute Gasteiger partial charge is 0.492 e. The average Bonchev–Trinajstić information content (AvgIpc) is 2.69. The van der Waals surface area contributed by atoms with Crippen LogP contribution in [0.1, 0.15) is 23.7 Å². The molecular formula is C21H17NO7. The number of para-hydroxylation sites is 3. The lowest BCUT2D eigenvalue weighted by atomic mass is 9.89. The summed E-state index contributed by atoms with van der Waals surface area (Å²) in [6.07, 6.45) is -0.906. The number of carbonyl (C=O) groups excluding carboxylic acids is 5. The minimum absolute atomic E-state index is 0.0585. The predicted molar refractivity (Wildman–Crippen MR) is 101 cm³/mol. The number of Topliss-reactive ketones (excluding diaryl/α,β-unsaturated/α-hetero) is 3. The molecule has 1 N–H and O–H groups in total. The van der Waals surface area contributed by atoms with Crippen molar-refractivity contribution in [3.05, 3.63) is 54.1 Å². The fraction of sp³-hybridized carbons (Fsp3) is 0.190. The maximum Gasteiger partial charge on any atom is 0.329 e. The third-order valence-corrected chi connectivity index (χ3v) is 4.21. The van der Waals surface area contributed by atoms with E-state index >= 15 is 0 Å². The van der Waals surface area contributed by atoms with Gasteiger partial charge in [0.05, 0.1) is 24.3 Å². The summed E-state index contributed by atoms with van der Waals surface area (Å²) < 4.78 is 10.4. The Bertz CT molecular complexity index is 1010. The van der Waals surface area contributed by atoms with Crippen molar-refractivity contribution in [1.82, 2.24) is 0 Å². The summed E-state index contributed by atoms with van der Waals surface area (Å²) in [7, 11) is 0. The number of esters is 1. The number of benzene rings is 2. The van der Waals surface area contributed by atoms with E-state index < -0.39 is 41.6 Å². The van der Waals surface area contributed by atoms with Crippen LogP contribution in [-0.2, 0) is 19.2 Å². The number of carbonyl (C=O) groups is 5. The van der Waals surface area contributed by atoms with Gasteiger partial charge < -0.3 is 14.8 Å². The second-order valence-electron chi connectivity index (χ2n) is 6.16. The molecule has 2 aromatic carbocycles. The van der Waals surface area contributed by atoms with Crippen LogP contribution in [0.15, 0.2) is 48.5 Å². The molecule has 1 aliphatic rings. The zero-order valence-electron chi connectivity index (χ0n) is 15.5. The van der Waals surface area contributed by atoms with Crippen LogP contribution in [0.5, 0.6) is 11.5 Å². The third-order valence-electron chi connectivity index (χ3n) is 4.21. The molecule has 0 saturated carbocycles. The van der Waals surface area contributed by atoms with Crippen molar-refractivity contribution < 1.29 is 33.4 Å². The van der Waals surface area contributed by atoms with Crippen molar-refractivity contribution in [1.29, 1.82) is 0 Å². The first-order chi connectivity index (χ1) is 13.9. The van der Waals surface area contributed by atoms with Gasteiger partial charge in [-0.1, -0.05) is 24.3 Å². The van der Waals surface area contributed by atoms with Gasteiger partial charge in [0.25, 0.3) is 5.91 Å². The lowest BCUT2D eigenvalue weighted by molar-refractivity contribution is -0.144. The molecule has 1 aliphatic heterocycles. The molecule has 0 aromatic heterocycles. The fourth-order valence-corrected chi connectivity index (χ4v) is 2.85. The summed E-state index contributed by atoms with van der Waals surface area (Å²) in [6.45, 7) is 2.12. The summed E-state index contributed by atoms with van der Waals surface area (Å²) in [6, 6.07) is 12.5. The van der Waals surface area contributed by atoms with Gasteiger partial charge in [0.2, 0.25) is 5.78 Å². The topological polar surface area (TPSA) is 116 Å². The van der Waals surface area contributed by atoms with Crippen LogP contribution in [0, 0.1) is 5.92 Å². The molecule has 1 atom stereocenters. The molecule has 0 bridgehead atoms. The second kappa shape index (κ2) is 8.47. The van der Waals surface area contributed by atoms with Crippen molar-refractivity contribution in [3.8, 4) is 11.5 Å². The summed E-state index contributed by atoms with van der Waals surface area (Å²) in [5, 5.41) is 2.37. The summed E-state index contributed by atoms with van der Waals surface area (Å²) >= 11 is 0. The highest BCUT2D eigenvalue weighted by atomic mass is 16.5. The van der Waals surface area contributed by atoms with E-state index in [1.54, 1.807) is 37.3 Å². The summed E-state index contributed by atoms with van der Waals surface area (Å²) in [5.41, 5.74) is 0.343. The minimum atomic E-state index is -1.77. The molecule has 0 saturated heterocycles. The van der Waals surface area contributed by atoms with Crippen LogP contribution < -0.4 is 14.8 Å². The Morgan fingerprint density at radius 1 is 1.03 bits per heavy atom. The number of anilines is 1. The van der Waals surface area contributed by atoms with Gasteiger partial charge in [-0.2, -0.15) is 0 Å². The van der Waals surface area contributed by atoms with Crippen molar-refractivity contribution in [3.63, 3.8) is 0 Å².